The lowest BCUT2D eigenvalue weighted by Gasteiger charge is -2.22. The maximum absolute atomic E-state index is 6.55. The van der Waals surface area contributed by atoms with Gasteiger partial charge in [0.2, 0.25) is 0 Å². The second-order valence-electron chi connectivity index (χ2n) is 12.7. The lowest BCUT2D eigenvalue weighted by Crippen LogP contribution is -2.20. The van der Waals surface area contributed by atoms with Crippen LogP contribution in [0.5, 0.6) is 5.75 Å². The van der Waals surface area contributed by atoms with Crippen molar-refractivity contribution in [2.75, 3.05) is 0 Å². The van der Waals surface area contributed by atoms with Gasteiger partial charge in [0, 0.05) is 38.6 Å². The summed E-state index contributed by atoms with van der Waals surface area (Å²) in [6, 6.07) is 49.9. The van der Waals surface area contributed by atoms with Crippen molar-refractivity contribution < 1.29 is 9.15 Å². The molecule has 3 heterocycles. The smallest absolute Gasteiger partial charge is 0.164 e. The molecule has 5 nitrogen and oxygen atoms in total. The first-order valence-corrected chi connectivity index (χ1v) is 16.8. The lowest BCUT2D eigenvalue weighted by molar-refractivity contribution is 0.271. The van der Waals surface area contributed by atoms with E-state index in [0.717, 1.165) is 66.6 Å². The molecule has 0 N–H and O–H groups in total. The number of ether oxygens (including phenoxy) is 1. The van der Waals surface area contributed by atoms with Crippen molar-refractivity contribution in [2.45, 2.75) is 12.0 Å². The summed E-state index contributed by atoms with van der Waals surface area (Å²) in [5.74, 6) is 2.68. The fraction of sp³-hybridized carbons (Fsp3) is 0.0444. The van der Waals surface area contributed by atoms with Crippen molar-refractivity contribution in [2.24, 2.45) is 0 Å². The first-order valence-electron chi connectivity index (χ1n) is 16.8. The minimum absolute atomic E-state index is 0.0934. The minimum Gasteiger partial charge on any atom is -0.485 e. The molecule has 0 saturated heterocycles. The standard InChI is InChI=1S/C45H29N3O2/c1-3-11-28(12-4-1)29-21-23-31(24-22-29)44-46-43(30-13-5-2-6-14-30)47-45(48-44)36-18-10-20-40-41(36)37-27-32(25-26-39(37)49-40)33-16-9-17-35-34-15-7-8-19-38(34)50-42(33)35/h1-27,40-41H. The van der Waals surface area contributed by atoms with Gasteiger partial charge in [0.25, 0.3) is 0 Å². The summed E-state index contributed by atoms with van der Waals surface area (Å²) in [6.07, 6.45) is 6.13. The second-order valence-corrected chi connectivity index (χ2v) is 12.7. The van der Waals surface area contributed by atoms with E-state index in [2.05, 4.69) is 115 Å². The number of aromatic nitrogens is 3. The second kappa shape index (κ2) is 11.5. The molecule has 2 aromatic heterocycles. The number of allylic oxidation sites excluding steroid dienone is 2. The summed E-state index contributed by atoms with van der Waals surface area (Å²) in [5.41, 5.74) is 10.2. The maximum atomic E-state index is 6.55. The number of furan rings is 1. The van der Waals surface area contributed by atoms with Gasteiger partial charge in [-0.25, -0.2) is 15.0 Å². The zero-order chi connectivity index (χ0) is 33.0. The van der Waals surface area contributed by atoms with Crippen molar-refractivity contribution in [3.8, 4) is 50.8 Å². The van der Waals surface area contributed by atoms with Gasteiger partial charge >= 0.3 is 0 Å². The van der Waals surface area contributed by atoms with Crippen LogP contribution in [0.25, 0.3) is 72.5 Å². The van der Waals surface area contributed by atoms with Crippen LogP contribution >= 0.6 is 0 Å². The molecule has 50 heavy (non-hydrogen) atoms. The van der Waals surface area contributed by atoms with Crippen molar-refractivity contribution in [1.82, 2.24) is 15.0 Å². The van der Waals surface area contributed by atoms with Gasteiger partial charge in [0.15, 0.2) is 17.5 Å². The average Bonchev–Trinajstić information content (AvgIpc) is 3.77. The van der Waals surface area contributed by atoms with Gasteiger partial charge in [-0.15, -0.1) is 0 Å². The zero-order valence-electron chi connectivity index (χ0n) is 26.9. The van der Waals surface area contributed by atoms with E-state index in [1.54, 1.807) is 0 Å². The highest BCUT2D eigenvalue weighted by Crippen LogP contribution is 2.49. The summed E-state index contributed by atoms with van der Waals surface area (Å²) in [4.78, 5) is 15.2. The summed E-state index contributed by atoms with van der Waals surface area (Å²) in [6.45, 7) is 0. The molecule has 1 aliphatic heterocycles. The molecule has 0 amide bonds. The van der Waals surface area contributed by atoms with Crippen LogP contribution < -0.4 is 4.74 Å². The van der Waals surface area contributed by atoms with Crippen LogP contribution in [-0.4, -0.2) is 21.1 Å². The van der Waals surface area contributed by atoms with Crippen LogP contribution in [0.3, 0.4) is 0 Å². The molecule has 10 rings (SSSR count). The first kappa shape index (κ1) is 28.4. The molecule has 2 atom stereocenters. The molecule has 236 valence electrons. The monoisotopic (exact) mass is 643 g/mol. The third-order valence-corrected chi connectivity index (χ3v) is 9.74. The van der Waals surface area contributed by atoms with Gasteiger partial charge in [-0.1, -0.05) is 140 Å². The molecule has 8 aromatic rings. The molecular weight excluding hydrogens is 615 g/mol. The van der Waals surface area contributed by atoms with Crippen LogP contribution in [0.4, 0.5) is 0 Å². The number of para-hydroxylation sites is 2. The molecular formula is C45H29N3O2. The van der Waals surface area contributed by atoms with Crippen LogP contribution in [0.2, 0.25) is 0 Å². The summed E-state index contributed by atoms with van der Waals surface area (Å²) in [7, 11) is 0. The Bertz CT molecular complexity index is 2620. The summed E-state index contributed by atoms with van der Waals surface area (Å²) in [5, 5.41) is 2.22. The van der Waals surface area contributed by atoms with Crippen molar-refractivity contribution in [1.29, 1.82) is 0 Å². The lowest BCUT2D eigenvalue weighted by atomic mass is 9.83. The van der Waals surface area contributed by atoms with Gasteiger partial charge in [-0.2, -0.15) is 0 Å². The highest BCUT2D eigenvalue weighted by atomic mass is 16.5. The first-order chi connectivity index (χ1) is 24.8. The SMILES string of the molecule is C1=CC2Oc3ccc(-c4cccc5c4oc4ccccc45)cc3C2C(c2nc(-c3ccccc3)nc(-c3ccc(-c4ccccc4)cc3)n2)=C1. The predicted octanol–water partition coefficient (Wildman–Crippen LogP) is 10.9. The van der Waals surface area contributed by atoms with E-state index in [0.29, 0.717) is 17.5 Å². The highest BCUT2D eigenvalue weighted by molar-refractivity contribution is 6.09. The van der Waals surface area contributed by atoms with Crippen LogP contribution in [0.15, 0.2) is 168 Å². The quantitative estimate of drug-likeness (QED) is 0.187. The average molecular weight is 644 g/mol. The Morgan fingerprint density at radius 2 is 1.12 bits per heavy atom. The summed E-state index contributed by atoms with van der Waals surface area (Å²) < 4.78 is 13.0. The Morgan fingerprint density at radius 3 is 1.92 bits per heavy atom. The number of hydrogen-bond acceptors (Lipinski definition) is 5. The van der Waals surface area contributed by atoms with E-state index in [4.69, 9.17) is 24.1 Å². The Kier molecular flexibility index (Phi) is 6.56. The molecule has 2 aliphatic rings. The number of nitrogens with zero attached hydrogens (tertiary/aromatic N) is 3. The van der Waals surface area contributed by atoms with Gasteiger partial charge in [-0.05, 0) is 41.0 Å². The molecule has 0 fully saturated rings. The number of benzene rings is 6. The highest BCUT2D eigenvalue weighted by Gasteiger charge is 2.39. The van der Waals surface area contributed by atoms with Crippen LogP contribution in [-0.2, 0) is 0 Å². The van der Waals surface area contributed by atoms with E-state index in [1.165, 1.54) is 5.56 Å². The molecule has 2 unspecified atom stereocenters. The fourth-order valence-corrected chi connectivity index (χ4v) is 7.31. The Labute approximate surface area is 288 Å². The molecule has 5 heteroatoms. The Morgan fingerprint density at radius 1 is 0.500 bits per heavy atom. The minimum atomic E-state index is -0.173. The van der Waals surface area contributed by atoms with Gasteiger partial charge in [0.05, 0.1) is 5.92 Å². The largest absolute Gasteiger partial charge is 0.485 e. The van der Waals surface area contributed by atoms with Gasteiger partial charge < -0.3 is 9.15 Å². The van der Waals surface area contributed by atoms with Crippen molar-refractivity contribution >= 4 is 27.5 Å². The van der Waals surface area contributed by atoms with E-state index < -0.39 is 0 Å². The van der Waals surface area contributed by atoms with E-state index in [1.807, 2.05) is 48.5 Å². The van der Waals surface area contributed by atoms with E-state index >= 15 is 0 Å². The Balaban J connectivity index is 1.08. The molecule has 0 saturated carbocycles. The maximum Gasteiger partial charge on any atom is 0.164 e. The molecule has 0 spiro atoms. The van der Waals surface area contributed by atoms with Crippen molar-refractivity contribution in [3.63, 3.8) is 0 Å². The molecule has 0 radical (unpaired) electrons. The third-order valence-electron chi connectivity index (χ3n) is 9.74. The molecule has 1 aliphatic carbocycles. The topological polar surface area (TPSA) is 61.0 Å². The number of fused-ring (bicyclic) bond motifs is 6. The van der Waals surface area contributed by atoms with Crippen LogP contribution in [0.1, 0.15) is 17.3 Å². The number of hydrogen-bond donors (Lipinski definition) is 0. The third kappa shape index (κ3) is 4.74. The van der Waals surface area contributed by atoms with E-state index in [-0.39, 0.29) is 12.0 Å². The van der Waals surface area contributed by atoms with Gasteiger partial charge in [0.1, 0.15) is 23.0 Å². The molecule has 6 aromatic carbocycles. The number of rotatable bonds is 5. The summed E-state index contributed by atoms with van der Waals surface area (Å²) >= 11 is 0. The fourth-order valence-electron chi connectivity index (χ4n) is 7.31. The zero-order valence-corrected chi connectivity index (χ0v) is 26.9. The normalized spacial score (nSPS) is 16.2. The van der Waals surface area contributed by atoms with Crippen LogP contribution in [0, 0.1) is 0 Å². The Hall–Kier alpha value is -6.59. The molecule has 0 bridgehead atoms. The predicted molar refractivity (Wildman–Crippen MR) is 200 cm³/mol. The van der Waals surface area contributed by atoms with E-state index in [9.17, 15) is 0 Å². The van der Waals surface area contributed by atoms with Crippen molar-refractivity contribution in [3.05, 3.63) is 175 Å². The van der Waals surface area contributed by atoms with Gasteiger partial charge in [-0.3, -0.25) is 0 Å².